The molecular formula is C21H22N6O4S. The SMILES string of the molecule is CCn1c(CNC(=O)c2ccccc2C)nn(CC(=O)Nc2ccccc2[N+](=O)[O-])c1=S. The van der Waals surface area contributed by atoms with Crippen LogP contribution in [0.25, 0.3) is 0 Å². The fourth-order valence-electron chi connectivity index (χ4n) is 3.18. The molecule has 2 aromatic carbocycles. The highest BCUT2D eigenvalue weighted by molar-refractivity contribution is 7.71. The minimum Gasteiger partial charge on any atom is -0.345 e. The van der Waals surface area contributed by atoms with Crippen molar-refractivity contribution < 1.29 is 14.5 Å². The summed E-state index contributed by atoms with van der Waals surface area (Å²) in [6.45, 7) is 4.13. The number of para-hydroxylation sites is 2. The molecule has 3 aromatic rings. The van der Waals surface area contributed by atoms with Crippen molar-refractivity contribution in [2.45, 2.75) is 33.5 Å². The first-order valence-electron chi connectivity index (χ1n) is 9.85. The van der Waals surface area contributed by atoms with E-state index in [9.17, 15) is 19.7 Å². The topological polar surface area (TPSA) is 124 Å². The molecule has 1 aromatic heterocycles. The normalized spacial score (nSPS) is 10.6. The monoisotopic (exact) mass is 454 g/mol. The third kappa shape index (κ3) is 5.06. The van der Waals surface area contributed by atoms with Crippen LogP contribution in [-0.2, 0) is 24.4 Å². The zero-order valence-corrected chi connectivity index (χ0v) is 18.4. The Labute approximate surface area is 189 Å². The van der Waals surface area contributed by atoms with E-state index in [1.807, 2.05) is 26.0 Å². The number of amides is 2. The lowest BCUT2D eigenvalue weighted by Gasteiger charge is -2.07. The summed E-state index contributed by atoms with van der Waals surface area (Å²) < 4.78 is 3.36. The Balaban J connectivity index is 1.73. The molecule has 32 heavy (non-hydrogen) atoms. The van der Waals surface area contributed by atoms with E-state index in [1.54, 1.807) is 22.8 Å². The smallest absolute Gasteiger partial charge is 0.292 e. The van der Waals surface area contributed by atoms with Crippen molar-refractivity contribution in [3.63, 3.8) is 0 Å². The molecule has 0 radical (unpaired) electrons. The van der Waals surface area contributed by atoms with Gasteiger partial charge in [0, 0.05) is 18.2 Å². The van der Waals surface area contributed by atoms with Gasteiger partial charge >= 0.3 is 0 Å². The van der Waals surface area contributed by atoms with Crippen molar-refractivity contribution in [2.75, 3.05) is 5.32 Å². The lowest BCUT2D eigenvalue weighted by atomic mass is 10.1. The summed E-state index contributed by atoms with van der Waals surface area (Å²) in [7, 11) is 0. The van der Waals surface area contributed by atoms with Gasteiger partial charge in [0.1, 0.15) is 12.2 Å². The van der Waals surface area contributed by atoms with Crippen LogP contribution >= 0.6 is 12.2 Å². The van der Waals surface area contributed by atoms with Gasteiger partial charge in [0.2, 0.25) is 5.91 Å². The third-order valence-corrected chi connectivity index (χ3v) is 5.21. The van der Waals surface area contributed by atoms with Crippen LogP contribution in [0.15, 0.2) is 48.5 Å². The molecule has 0 fully saturated rings. The summed E-state index contributed by atoms with van der Waals surface area (Å²) in [6.07, 6.45) is 0. The van der Waals surface area contributed by atoms with Crippen LogP contribution in [0.5, 0.6) is 0 Å². The largest absolute Gasteiger partial charge is 0.345 e. The van der Waals surface area contributed by atoms with Crippen molar-refractivity contribution in [2.24, 2.45) is 0 Å². The minimum atomic E-state index is -0.567. The summed E-state index contributed by atoms with van der Waals surface area (Å²) in [5.74, 6) is -0.245. The average molecular weight is 455 g/mol. The molecule has 0 aliphatic rings. The Morgan fingerprint density at radius 3 is 2.53 bits per heavy atom. The van der Waals surface area contributed by atoms with Crippen LogP contribution < -0.4 is 10.6 Å². The van der Waals surface area contributed by atoms with Crippen LogP contribution in [-0.4, -0.2) is 31.1 Å². The Morgan fingerprint density at radius 1 is 1.16 bits per heavy atom. The molecule has 2 N–H and O–H groups in total. The number of carbonyl (C=O) groups excluding carboxylic acids is 2. The maximum atomic E-state index is 12.5. The van der Waals surface area contributed by atoms with Crippen molar-refractivity contribution >= 4 is 35.4 Å². The first-order chi connectivity index (χ1) is 15.3. The fourth-order valence-corrected chi connectivity index (χ4v) is 3.52. The summed E-state index contributed by atoms with van der Waals surface area (Å²) in [5, 5.41) is 20.9. The first kappa shape index (κ1) is 22.8. The molecule has 0 saturated carbocycles. The number of nitrogens with one attached hydrogen (secondary N) is 2. The lowest BCUT2D eigenvalue weighted by molar-refractivity contribution is -0.383. The number of hydrogen-bond donors (Lipinski definition) is 2. The van der Waals surface area contributed by atoms with Gasteiger partial charge < -0.3 is 15.2 Å². The zero-order chi connectivity index (χ0) is 23.3. The molecule has 10 nitrogen and oxygen atoms in total. The predicted octanol–water partition coefficient (Wildman–Crippen LogP) is 3.22. The third-order valence-electron chi connectivity index (χ3n) is 4.78. The number of aromatic nitrogens is 3. The lowest BCUT2D eigenvalue weighted by Crippen LogP contribution is -2.25. The van der Waals surface area contributed by atoms with Crippen LogP contribution in [0.4, 0.5) is 11.4 Å². The predicted molar refractivity (Wildman–Crippen MR) is 121 cm³/mol. The number of anilines is 1. The van der Waals surface area contributed by atoms with Gasteiger partial charge in [0.15, 0.2) is 10.6 Å². The minimum absolute atomic E-state index is 0.0923. The van der Waals surface area contributed by atoms with Gasteiger partial charge in [-0.15, -0.1) is 0 Å². The molecule has 166 valence electrons. The molecule has 1 heterocycles. The zero-order valence-electron chi connectivity index (χ0n) is 17.6. The highest BCUT2D eigenvalue weighted by Gasteiger charge is 2.17. The highest BCUT2D eigenvalue weighted by Crippen LogP contribution is 2.23. The Morgan fingerprint density at radius 2 is 1.84 bits per heavy atom. The van der Waals surface area contributed by atoms with E-state index >= 15 is 0 Å². The van der Waals surface area contributed by atoms with Gasteiger partial charge in [-0.05, 0) is 43.8 Å². The second kappa shape index (κ2) is 9.96. The Bertz CT molecular complexity index is 1230. The molecule has 3 rings (SSSR count). The van der Waals surface area contributed by atoms with Crippen LogP contribution in [0.2, 0.25) is 0 Å². The number of hydrogen-bond acceptors (Lipinski definition) is 6. The van der Waals surface area contributed by atoms with Gasteiger partial charge in [-0.2, -0.15) is 5.10 Å². The Hall–Kier alpha value is -3.86. The molecular weight excluding hydrogens is 432 g/mol. The number of nitro benzene ring substituents is 1. The van der Waals surface area contributed by atoms with Crippen molar-refractivity contribution in [1.82, 2.24) is 19.7 Å². The summed E-state index contributed by atoms with van der Waals surface area (Å²) in [5.41, 5.74) is 1.31. The summed E-state index contributed by atoms with van der Waals surface area (Å²) >= 11 is 5.42. The van der Waals surface area contributed by atoms with E-state index in [0.29, 0.717) is 22.7 Å². The van der Waals surface area contributed by atoms with Crippen LogP contribution in [0.1, 0.15) is 28.7 Å². The van der Waals surface area contributed by atoms with Gasteiger partial charge in [0.05, 0.1) is 11.5 Å². The molecule has 11 heteroatoms. The summed E-state index contributed by atoms with van der Waals surface area (Å²) in [6, 6.07) is 13.1. The maximum Gasteiger partial charge on any atom is 0.292 e. The average Bonchev–Trinajstić information content (AvgIpc) is 3.06. The van der Waals surface area contributed by atoms with E-state index < -0.39 is 10.8 Å². The van der Waals surface area contributed by atoms with Crippen LogP contribution in [0, 0.1) is 21.8 Å². The van der Waals surface area contributed by atoms with E-state index in [1.165, 1.54) is 22.9 Å². The molecule has 0 bridgehead atoms. The highest BCUT2D eigenvalue weighted by atomic mass is 32.1. The Kier molecular flexibility index (Phi) is 7.11. The molecule has 0 unspecified atom stereocenters. The van der Waals surface area contributed by atoms with E-state index in [-0.39, 0.29) is 30.4 Å². The van der Waals surface area contributed by atoms with Crippen molar-refractivity contribution in [3.05, 3.63) is 80.4 Å². The van der Waals surface area contributed by atoms with E-state index in [4.69, 9.17) is 12.2 Å². The first-order valence-corrected chi connectivity index (χ1v) is 10.3. The number of nitrogens with zero attached hydrogens (tertiary/aromatic N) is 4. The molecule has 0 aliphatic heterocycles. The number of carbonyl (C=O) groups is 2. The second-order valence-electron chi connectivity index (χ2n) is 6.92. The number of benzene rings is 2. The molecule has 0 saturated heterocycles. The van der Waals surface area contributed by atoms with E-state index in [0.717, 1.165) is 5.56 Å². The van der Waals surface area contributed by atoms with Crippen LogP contribution in [0.3, 0.4) is 0 Å². The molecule has 0 atom stereocenters. The summed E-state index contributed by atoms with van der Waals surface area (Å²) in [4.78, 5) is 35.6. The van der Waals surface area contributed by atoms with Gasteiger partial charge in [-0.3, -0.25) is 19.7 Å². The number of rotatable bonds is 8. The number of aryl methyl sites for hydroxylation is 1. The standard InChI is InChI=1S/C21H22N6O4S/c1-3-25-18(12-22-20(29)15-9-5-4-8-14(15)2)24-26(21(25)32)13-19(28)23-16-10-6-7-11-17(16)27(30)31/h4-11H,3,12-13H2,1-2H3,(H,22,29)(H,23,28). The van der Waals surface area contributed by atoms with Gasteiger partial charge in [-0.1, -0.05) is 30.3 Å². The number of nitro groups is 1. The maximum absolute atomic E-state index is 12.5. The molecule has 0 spiro atoms. The fraction of sp³-hybridized carbons (Fsp3) is 0.238. The van der Waals surface area contributed by atoms with Crippen molar-refractivity contribution in [3.8, 4) is 0 Å². The van der Waals surface area contributed by atoms with E-state index in [2.05, 4.69) is 15.7 Å². The molecule has 2 amide bonds. The molecule has 0 aliphatic carbocycles. The quantitative estimate of drug-likeness (QED) is 0.306. The second-order valence-corrected chi connectivity index (χ2v) is 7.29. The van der Waals surface area contributed by atoms with Crippen molar-refractivity contribution in [1.29, 1.82) is 0 Å². The van der Waals surface area contributed by atoms with Gasteiger partial charge in [-0.25, -0.2) is 4.68 Å². The van der Waals surface area contributed by atoms with Gasteiger partial charge in [0.25, 0.3) is 11.6 Å².